The number of hydrogen-bond acceptors (Lipinski definition) is 3. The molecule has 1 aromatic heterocycles. The van der Waals surface area contributed by atoms with Gasteiger partial charge in [0, 0.05) is 20.1 Å². The second-order valence-corrected chi connectivity index (χ2v) is 7.79. The number of oxazole rings is 1. The molecule has 0 bridgehead atoms. The van der Waals surface area contributed by atoms with E-state index in [0.717, 1.165) is 14.5 Å². The molecule has 0 radical (unpaired) electrons. The van der Waals surface area contributed by atoms with Crippen molar-refractivity contribution in [2.45, 2.75) is 0 Å². The van der Waals surface area contributed by atoms with Crippen LogP contribution < -0.4 is 5.32 Å². The molecule has 3 aromatic carbocycles. The predicted octanol–water partition coefficient (Wildman–Crippen LogP) is 6.79. The lowest BCUT2D eigenvalue weighted by molar-refractivity contribution is 0.102. The molecule has 0 fully saturated rings. The summed E-state index contributed by atoms with van der Waals surface area (Å²) < 4.78 is 7.72. The molecule has 6 heteroatoms. The van der Waals surface area contributed by atoms with Gasteiger partial charge in [-0.3, -0.25) is 4.79 Å². The van der Waals surface area contributed by atoms with E-state index in [1.165, 1.54) is 0 Å². The van der Waals surface area contributed by atoms with Crippen LogP contribution in [0.15, 0.2) is 92.4 Å². The third-order valence-corrected chi connectivity index (χ3v) is 5.32. The van der Waals surface area contributed by atoms with Gasteiger partial charge in [-0.15, -0.1) is 0 Å². The Morgan fingerprint density at radius 2 is 1.71 bits per heavy atom. The molecule has 1 heterocycles. The zero-order valence-corrected chi connectivity index (χ0v) is 17.7. The fraction of sp³-hybridized carbons (Fsp3) is 0. The molecule has 0 aliphatic heterocycles. The number of benzene rings is 3. The molecule has 0 saturated heterocycles. The number of nitrogens with one attached hydrogen (secondary N) is 1. The summed E-state index contributed by atoms with van der Waals surface area (Å²) in [6.07, 6.45) is 1.67. The minimum absolute atomic E-state index is 0.232. The van der Waals surface area contributed by atoms with Gasteiger partial charge in [0.25, 0.3) is 5.91 Å². The minimum atomic E-state index is -0.232. The largest absolute Gasteiger partial charge is 0.436 e. The molecule has 0 saturated carbocycles. The summed E-state index contributed by atoms with van der Waals surface area (Å²) in [7, 11) is 0. The van der Waals surface area contributed by atoms with Crippen LogP contribution in [0.5, 0.6) is 0 Å². The van der Waals surface area contributed by atoms with Gasteiger partial charge in [0.2, 0.25) is 5.89 Å². The summed E-state index contributed by atoms with van der Waals surface area (Å²) in [5.41, 5.74) is 2.72. The molecule has 4 aromatic rings. The maximum absolute atomic E-state index is 12.9. The zero-order chi connectivity index (χ0) is 19.5. The lowest BCUT2D eigenvalue weighted by Crippen LogP contribution is -2.13. The molecule has 4 rings (SSSR count). The number of anilines is 1. The van der Waals surface area contributed by atoms with Crippen molar-refractivity contribution in [2.24, 2.45) is 0 Å². The van der Waals surface area contributed by atoms with Crippen molar-refractivity contribution in [1.29, 1.82) is 0 Å². The highest BCUT2D eigenvalue weighted by molar-refractivity contribution is 9.10. The van der Waals surface area contributed by atoms with Gasteiger partial charge in [-0.2, -0.15) is 0 Å². The van der Waals surface area contributed by atoms with Gasteiger partial charge in [-0.05, 0) is 52.3 Å². The minimum Gasteiger partial charge on any atom is -0.436 e. The number of amides is 1. The second-order valence-electron chi connectivity index (χ2n) is 6.02. The van der Waals surface area contributed by atoms with Gasteiger partial charge in [0.15, 0.2) is 5.76 Å². The first-order valence-electron chi connectivity index (χ1n) is 8.49. The normalized spacial score (nSPS) is 10.6. The summed E-state index contributed by atoms with van der Waals surface area (Å²) in [6.45, 7) is 0. The first-order chi connectivity index (χ1) is 13.6. The molecule has 4 nitrogen and oxygen atoms in total. The smallest absolute Gasteiger partial charge is 0.256 e. The van der Waals surface area contributed by atoms with E-state index in [-0.39, 0.29) is 5.91 Å². The third-order valence-electron chi connectivity index (χ3n) is 4.14. The molecule has 0 unspecified atom stereocenters. The Labute approximate surface area is 178 Å². The fourth-order valence-corrected chi connectivity index (χ4v) is 3.58. The van der Waals surface area contributed by atoms with Crippen LogP contribution in [0.4, 0.5) is 5.69 Å². The predicted molar refractivity (Wildman–Crippen MR) is 117 cm³/mol. The molecule has 0 spiro atoms. The fourth-order valence-electron chi connectivity index (χ4n) is 2.79. The number of carbonyl (C=O) groups is 1. The summed E-state index contributed by atoms with van der Waals surface area (Å²) in [5, 5.41) is 2.92. The van der Waals surface area contributed by atoms with Crippen LogP contribution in [0, 0.1) is 0 Å². The molecule has 28 heavy (non-hydrogen) atoms. The number of halogens is 2. The first-order valence-corrected chi connectivity index (χ1v) is 10.1. The van der Waals surface area contributed by atoms with Crippen molar-refractivity contribution < 1.29 is 9.21 Å². The second kappa shape index (κ2) is 8.12. The number of nitrogens with zero attached hydrogens (tertiary/aromatic N) is 1. The van der Waals surface area contributed by atoms with Gasteiger partial charge in [-0.1, -0.05) is 52.3 Å². The van der Waals surface area contributed by atoms with Crippen molar-refractivity contribution in [1.82, 2.24) is 4.98 Å². The third kappa shape index (κ3) is 3.93. The van der Waals surface area contributed by atoms with E-state index in [9.17, 15) is 4.79 Å². The van der Waals surface area contributed by atoms with E-state index < -0.39 is 0 Å². The van der Waals surface area contributed by atoms with Gasteiger partial charge >= 0.3 is 0 Å². The Morgan fingerprint density at radius 3 is 2.54 bits per heavy atom. The summed E-state index contributed by atoms with van der Waals surface area (Å²) in [6, 6.07) is 22.5. The average Bonchev–Trinajstić information content (AvgIpc) is 3.20. The van der Waals surface area contributed by atoms with Crippen molar-refractivity contribution in [3.63, 3.8) is 0 Å². The molecule has 0 aliphatic rings. The van der Waals surface area contributed by atoms with Crippen molar-refractivity contribution in [2.75, 3.05) is 5.32 Å². The Kier molecular flexibility index (Phi) is 5.41. The lowest BCUT2D eigenvalue weighted by atomic mass is 10.1. The SMILES string of the molecule is O=C(Nc1ccccc1Br)c1ccccc1-c1ncc(-c2cccc(Br)c2)o1. The molecular weight excluding hydrogens is 484 g/mol. The highest BCUT2D eigenvalue weighted by Gasteiger charge is 2.17. The quantitative estimate of drug-likeness (QED) is 0.338. The van der Waals surface area contributed by atoms with E-state index >= 15 is 0 Å². The standard InChI is InChI=1S/C22H14Br2N2O2/c23-15-7-5-6-14(12-15)20-13-25-22(28-20)17-9-2-1-8-16(17)21(27)26-19-11-4-3-10-18(19)24/h1-13H,(H,26,27). The molecule has 0 aliphatic carbocycles. The van der Waals surface area contributed by atoms with Crippen molar-refractivity contribution in [3.05, 3.63) is 93.5 Å². The van der Waals surface area contributed by atoms with E-state index in [0.29, 0.717) is 28.5 Å². The van der Waals surface area contributed by atoms with Gasteiger partial charge in [0.1, 0.15) is 0 Å². The highest BCUT2D eigenvalue weighted by Crippen LogP contribution is 2.30. The monoisotopic (exact) mass is 496 g/mol. The molecular formula is C22H14Br2N2O2. The molecule has 138 valence electrons. The zero-order valence-electron chi connectivity index (χ0n) is 14.5. The van der Waals surface area contributed by atoms with Crippen LogP contribution in [-0.4, -0.2) is 10.9 Å². The van der Waals surface area contributed by atoms with Gasteiger partial charge < -0.3 is 9.73 Å². The van der Waals surface area contributed by atoms with E-state index in [1.54, 1.807) is 12.3 Å². The molecule has 1 amide bonds. The number of rotatable bonds is 4. The highest BCUT2D eigenvalue weighted by atomic mass is 79.9. The Balaban J connectivity index is 1.67. The Hall–Kier alpha value is -2.70. The molecule has 0 atom stereocenters. The van der Waals surface area contributed by atoms with Gasteiger partial charge in [0.05, 0.1) is 17.4 Å². The number of carbonyl (C=O) groups excluding carboxylic acids is 1. The molecule has 1 N–H and O–H groups in total. The maximum atomic E-state index is 12.9. The number of hydrogen-bond donors (Lipinski definition) is 1. The van der Waals surface area contributed by atoms with Crippen LogP contribution in [-0.2, 0) is 0 Å². The van der Waals surface area contributed by atoms with E-state index in [4.69, 9.17) is 4.42 Å². The number of para-hydroxylation sites is 1. The Morgan fingerprint density at radius 1 is 0.929 bits per heavy atom. The Bertz CT molecular complexity index is 1150. The maximum Gasteiger partial charge on any atom is 0.256 e. The summed E-state index contributed by atoms with van der Waals surface area (Å²) >= 11 is 6.91. The lowest BCUT2D eigenvalue weighted by Gasteiger charge is -2.09. The van der Waals surface area contributed by atoms with Crippen LogP contribution in [0.3, 0.4) is 0 Å². The van der Waals surface area contributed by atoms with Gasteiger partial charge in [-0.25, -0.2) is 4.98 Å². The number of aromatic nitrogens is 1. The summed E-state index contributed by atoms with van der Waals surface area (Å²) in [4.78, 5) is 17.3. The first kappa shape index (κ1) is 18.7. The van der Waals surface area contributed by atoms with E-state index in [1.807, 2.05) is 66.7 Å². The van der Waals surface area contributed by atoms with Crippen LogP contribution in [0.25, 0.3) is 22.8 Å². The van der Waals surface area contributed by atoms with Crippen LogP contribution in [0.1, 0.15) is 10.4 Å². The van der Waals surface area contributed by atoms with E-state index in [2.05, 4.69) is 42.2 Å². The van der Waals surface area contributed by atoms with Crippen LogP contribution in [0.2, 0.25) is 0 Å². The average molecular weight is 498 g/mol. The van der Waals surface area contributed by atoms with Crippen molar-refractivity contribution >= 4 is 43.5 Å². The van der Waals surface area contributed by atoms with Crippen LogP contribution >= 0.6 is 31.9 Å². The topological polar surface area (TPSA) is 55.1 Å². The van der Waals surface area contributed by atoms with Crippen molar-refractivity contribution in [3.8, 4) is 22.8 Å². The summed E-state index contributed by atoms with van der Waals surface area (Å²) in [5.74, 6) is 0.801.